The van der Waals surface area contributed by atoms with Crippen LogP contribution in [0.25, 0.3) is 0 Å². The Kier molecular flexibility index (Phi) is 4.43. The lowest BCUT2D eigenvalue weighted by Crippen LogP contribution is -2.22. The van der Waals surface area contributed by atoms with E-state index in [0.29, 0.717) is 11.3 Å². The minimum absolute atomic E-state index is 0.607. The molecule has 1 fully saturated rings. The van der Waals surface area contributed by atoms with Crippen LogP contribution in [0.5, 0.6) is 0 Å². The van der Waals surface area contributed by atoms with Gasteiger partial charge < -0.3 is 16.0 Å². The van der Waals surface area contributed by atoms with Gasteiger partial charge in [-0.3, -0.25) is 0 Å². The molecule has 1 aromatic rings. The van der Waals surface area contributed by atoms with Gasteiger partial charge in [0.2, 0.25) is 0 Å². The second kappa shape index (κ2) is 6.27. The molecule has 18 heavy (non-hydrogen) atoms. The maximum absolute atomic E-state index is 8.76. The topological polar surface area (TPSA) is 65.1 Å². The molecule has 1 aliphatic rings. The predicted octanol–water partition coefficient (Wildman–Crippen LogP) is 2.04. The minimum atomic E-state index is 0.607. The molecule has 0 aliphatic carbocycles. The highest BCUT2D eigenvalue weighted by atomic mass is 15.1. The highest BCUT2D eigenvalue weighted by Gasteiger charge is 2.10. The Labute approximate surface area is 108 Å². The molecular weight excluding hydrogens is 224 g/mol. The quantitative estimate of drug-likeness (QED) is 0.614. The van der Waals surface area contributed by atoms with Crippen molar-refractivity contribution in [1.29, 1.82) is 5.26 Å². The largest absolute Gasteiger partial charge is 0.397 e. The van der Waals surface area contributed by atoms with E-state index in [1.165, 1.54) is 25.9 Å². The first-order valence-electron chi connectivity index (χ1n) is 6.55. The van der Waals surface area contributed by atoms with Gasteiger partial charge >= 0.3 is 0 Å². The van der Waals surface area contributed by atoms with Crippen LogP contribution in [0.2, 0.25) is 0 Å². The first-order valence-corrected chi connectivity index (χ1v) is 6.55. The number of hydrogen-bond donors (Lipinski definition) is 2. The summed E-state index contributed by atoms with van der Waals surface area (Å²) in [5.41, 5.74) is 8.06. The Morgan fingerprint density at radius 3 is 2.78 bits per heavy atom. The summed E-state index contributed by atoms with van der Waals surface area (Å²) in [6.45, 7) is 4.58. The summed E-state index contributed by atoms with van der Waals surface area (Å²) in [6, 6.07) is 7.47. The number of rotatable bonds is 5. The maximum atomic E-state index is 8.76. The van der Waals surface area contributed by atoms with Crippen molar-refractivity contribution < 1.29 is 0 Å². The number of nitriles is 1. The van der Waals surface area contributed by atoms with E-state index in [0.717, 1.165) is 25.2 Å². The number of nitrogen functional groups attached to an aromatic ring is 1. The Hall–Kier alpha value is -1.73. The second-order valence-electron chi connectivity index (χ2n) is 4.74. The first kappa shape index (κ1) is 12.7. The summed E-state index contributed by atoms with van der Waals surface area (Å²) in [4.78, 5) is 2.50. The van der Waals surface area contributed by atoms with Crippen molar-refractivity contribution >= 4 is 11.4 Å². The maximum Gasteiger partial charge on any atom is 0.0992 e. The van der Waals surface area contributed by atoms with Crippen molar-refractivity contribution in [2.24, 2.45) is 0 Å². The number of benzene rings is 1. The van der Waals surface area contributed by atoms with E-state index >= 15 is 0 Å². The summed E-state index contributed by atoms with van der Waals surface area (Å²) in [6.07, 6.45) is 3.81. The zero-order valence-corrected chi connectivity index (χ0v) is 10.7. The van der Waals surface area contributed by atoms with Gasteiger partial charge in [0.1, 0.15) is 0 Å². The SMILES string of the molecule is N#Cc1ccc(NCCCN2CCCC2)c(N)c1. The van der Waals surface area contributed by atoms with Crippen molar-refractivity contribution in [2.75, 3.05) is 37.2 Å². The molecule has 0 saturated carbocycles. The molecule has 0 aromatic heterocycles. The summed E-state index contributed by atoms with van der Waals surface area (Å²) >= 11 is 0. The zero-order valence-electron chi connectivity index (χ0n) is 10.7. The molecule has 0 spiro atoms. The average molecular weight is 244 g/mol. The lowest BCUT2D eigenvalue weighted by Gasteiger charge is -2.15. The highest BCUT2D eigenvalue weighted by Crippen LogP contribution is 2.19. The average Bonchev–Trinajstić information content (AvgIpc) is 2.89. The molecule has 3 N–H and O–H groups in total. The van der Waals surface area contributed by atoms with Crippen molar-refractivity contribution in [3.63, 3.8) is 0 Å². The molecule has 0 bridgehead atoms. The summed E-state index contributed by atoms with van der Waals surface area (Å²) in [5.74, 6) is 0. The molecule has 96 valence electrons. The minimum Gasteiger partial charge on any atom is -0.397 e. The Bertz CT molecular complexity index is 430. The number of nitrogens with zero attached hydrogens (tertiary/aromatic N) is 2. The van der Waals surface area contributed by atoms with Gasteiger partial charge in [0.15, 0.2) is 0 Å². The Morgan fingerprint density at radius 2 is 2.11 bits per heavy atom. The fourth-order valence-corrected chi connectivity index (χ4v) is 2.33. The van der Waals surface area contributed by atoms with Gasteiger partial charge in [-0.15, -0.1) is 0 Å². The lowest BCUT2D eigenvalue weighted by atomic mass is 10.2. The van der Waals surface area contributed by atoms with Crippen LogP contribution in [0, 0.1) is 11.3 Å². The van der Waals surface area contributed by atoms with E-state index in [1.807, 2.05) is 6.07 Å². The van der Waals surface area contributed by atoms with Gasteiger partial charge in [0.05, 0.1) is 23.0 Å². The number of nitrogens with one attached hydrogen (secondary N) is 1. The molecule has 2 rings (SSSR count). The third-order valence-electron chi connectivity index (χ3n) is 3.35. The third-order valence-corrected chi connectivity index (χ3v) is 3.35. The van der Waals surface area contributed by atoms with Crippen LogP contribution in [-0.4, -0.2) is 31.1 Å². The monoisotopic (exact) mass is 244 g/mol. The highest BCUT2D eigenvalue weighted by molar-refractivity contribution is 5.68. The fraction of sp³-hybridized carbons (Fsp3) is 0.500. The first-order chi connectivity index (χ1) is 8.79. The molecule has 4 heteroatoms. The lowest BCUT2D eigenvalue weighted by molar-refractivity contribution is 0.337. The second-order valence-corrected chi connectivity index (χ2v) is 4.74. The Balaban J connectivity index is 1.74. The van der Waals surface area contributed by atoms with Gasteiger partial charge in [-0.1, -0.05) is 0 Å². The predicted molar refractivity (Wildman–Crippen MR) is 74.4 cm³/mol. The van der Waals surface area contributed by atoms with Gasteiger partial charge in [0.25, 0.3) is 0 Å². The van der Waals surface area contributed by atoms with Gasteiger partial charge in [0, 0.05) is 6.54 Å². The third kappa shape index (κ3) is 3.38. The van der Waals surface area contributed by atoms with Crippen LogP contribution in [0.15, 0.2) is 18.2 Å². The van der Waals surface area contributed by atoms with Crippen molar-refractivity contribution in [3.05, 3.63) is 23.8 Å². The fourth-order valence-electron chi connectivity index (χ4n) is 2.33. The summed E-state index contributed by atoms with van der Waals surface area (Å²) in [5, 5.41) is 12.1. The number of anilines is 2. The van der Waals surface area contributed by atoms with Crippen LogP contribution in [0.3, 0.4) is 0 Å². The van der Waals surface area contributed by atoms with Crippen LogP contribution in [0.1, 0.15) is 24.8 Å². The van der Waals surface area contributed by atoms with E-state index in [-0.39, 0.29) is 0 Å². The summed E-state index contributed by atoms with van der Waals surface area (Å²) < 4.78 is 0. The summed E-state index contributed by atoms with van der Waals surface area (Å²) in [7, 11) is 0. The van der Waals surface area contributed by atoms with E-state index in [4.69, 9.17) is 11.0 Å². The Morgan fingerprint density at radius 1 is 1.33 bits per heavy atom. The molecule has 1 heterocycles. The molecule has 1 saturated heterocycles. The smallest absolute Gasteiger partial charge is 0.0992 e. The van der Waals surface area contributed by atoms with E-state index in [2.05, 4.69) is 16.3 Å². The number of nitrogens with two attached hydrogens (primary N) is 1. The molecular formula is C14H20N4. The van der Waals surface area contributed by atoms with E-state index in [9.17, 15) is 0 Å². The van der Waals surface area contributed by atoms with E-state index < -0.39 is 0 Å². The zero-order chi connectivity index (χ0) is 12.8. The van der Waals surface area contributed by atoms with Gasteiger partial charge in [-0.05, 0) is 57.1 Å². The standard InChI is InChI=1S/C14H20N4/c15-11-12-4-5-14(13(16)10-12)17-6-3-9-18-7-1-2-8-18/h4-5,10,17H,1-3,6-9,16H2. The molecule has 1 aromatic carbocycles. The van der Waals surface area contributed by atoms with Gasteiger partial charge in [-0.2, -0.15) is 5.26 Å². The van der Waals surface area contributed by atoms with Crippen LogP contribution < -0.4 is 11.1 Å². The van der Waals surface area contributed by atoms with Crippen LogP contribution in [0.4, 0.5) is 11.4 Å². The number of likely N-dealkylation sites (tertiary alicyclic amines) is 1. The van der Waals surface area contributed by atoms with Crippen molar-refractivity contribution in [3.8, 4) is 6.07 Å². The number of hydrogen-bond acceptors (Lipinski definition) is 4. The molecule has 1 aliphatic heterocycles. The molecule has 0 atom stereocenters. The van der Waals surface area contributed by atoms with Crippen molar-refractivity contribution in [2.45, 2.75) is 19.3 Å². The van der Waals surface area contributed by atoms with E-state index in [1.54, 1.807) is 12.1 Å². The molecule has 0 amide bonds. The van der Waals surface area contributed by atoms with Crippen molar-refractivity contribution in [1.82, 2.24) is 4.90 Å². The molecule has 0 radical (unpaired) electrons. The van der Waals surface area contributed by atoms with Crippen LogP contribution >= 0.6 is 0 Å². The normalized spacial score (nSPS) is 15.5. The van der Waals surface area contributed by atoms with Gasteiger partial charge in [-0.25, -0.2) is 0 Å². The molecule has 0 unspecified atom stereocenters. The van der Waals surface area contributed by atoms with Crippen LogP contribution in [-0.2, 0) is 0 Å². The molecule has 4 nitrogen and oxygen atoms in total.